The van der Waals surface area contributed by atoms with Crippen LogP contribution in [0.5, 0.6) is 11.5 Å². The number of ether oxygens (including phenoxy) is 2. The third-order valence-electron chi connectivity index (χ3n) is 8.04. The number of piperidine rings is 1. The van der Waals surface area contributed by atoms with Gasteiger partial charge in [-0.25, -0.2) is 4.79 Å². The van der Waals surface area contributed by atoms with Gasteiger partial charge in [0, 0.05) is 31.0 Å². The Morgan fingerprint density at radius 2 is 1.57 bits per heavy atom. The number of nitrogens with zero attached hydrogens (tertiary/aromatic N) is 3. The average Bonchev–Trinajstić information content (AvgIpc) is 3.28. The number of benzene rings is 3. The molecule has 2 aliphatic heterocycles. The maximum Gasteiger partial charge on any atom is 0.321 e. The second-order valence-corrected chi connectivity index (χ2v) is 10.5. The maximum atomic E-state index is 14.0. The topological polar surface area (TPSA) is 103 Å². The Balaban J connectivity index is 1.23. The molecule has 2 heterocycles. The molecule has 3 aromatic rings. The van der Waals surface area contributed by atoms with Gasteiger partial charge < -0.3 is 34.8 Å². The van der Waals surface area contributed by atoms with Crippen molar-refractivity contribution in [1.82, 2.24) is 15.1 Å². The Kier molecular flexibility index (Phi) is 8.80. The molecule has 0 atom stereocenters. The first kappa shape index (κ1) is 28.8. The normalized spacial score (nSPS) is 16.0. The van der Waals surface area contributed by atoms with Crippen LogP contribution in [0.15, 0.2) is 78.9 Å². The van der Waals surface area contributed by atoms with Gasteiger partial charge in [0.1, 0.15) is 23.6 Å². The largest absolute Gasteiger partial charge is 0.497 e. The summed E-state index contributed by atoms with van der Waals surface area (Å²) >= 11 is 0. The first-order valence-electron chi connectivity index (χ1n) is 14.1. The Hall–Kier alpha value is -4.73. The highest BCUT2D eigenvalue weighted by Crippen LogP contribution is 2.39. The molecule has 42 heavy (non-hydrogen) atoms. The van der Waals surface area contributed by atoms with E-state index in [1.54, 1.807) is 48.3 Å². The quantitative estimate of drug-likeness (QED) is 0.406. The van der Waals surface area contributed by atoms with Gasteiger partial charge in [0.05, 0.1) is 20.9 Å². The lowest BCUT2D eigenvalue weighted by molar-refractivity contribution is -0.137. The minimum Gasteiger partial charge on any atom is -0.497 e. The Bertz CT molecular complexity index is 1390. The predicted octanol–water partition coefficient (Wildman–Crippen LogP) is 3.74. The van der Waals surface area contributed by atoms with Crippen LogP contribution in [-0.2, 0) is 16.0 Å². The Morgan fingerprint density at radius 1 is 0.881 bits per heavy atom. The molecular weight excluding hydrogens is 534 g/mol. The number of carbonyl (C=O) groups excluding carboxylic acids is 3. The number of anilines is 2. The van der Waals surface area contributed by atoms with Crippen LogP contribution in [0.1, 0.15) is 18.4 Å². The molecule has 0 aromatic heterocycles. The van der Waals surface area contributed by atoms with Gasteiger partial charge in [0.25, 0.3) is 5.91 Å². The molecule has 0 bridgehead atoms. The molecule has 1 spiro atoms. The van der Waals surface area contributed by atoms with Crippen LogP contribution in [0.2, 0.25) is 0 Å². The summed E-state index contributed by atoms with van der Waals surface area (Å²) in [5.41, 5.74) is 1.78. The predicted molar refractivity (Wildman–Crippen MR) is 161 cm³/mol. The summed E-state index contributed by atoms with van der Waals surface area (Å²) in [6, 6.07) is 24.5. The molecule has 4 amide bonds. The van der Waals surface area contributed by atoms with Gasteiger partial charge in [-0.1, -0.05) is 36.4 Å². The standard InChI is InChI=1S/C32H37N5O5/c1-41-27-14-12-25(13-15-27)34-31(40)35-20-17-32(18-21-35)30(39)36(23-37(32)26-9-4-3-5-10-26)22-29(38)33-19-16-24-8-6-7-11-28(24)42-2/h3-15H,16-23H2,1-2H3,(H,33,38)(H,34,40). The van der Waals surface area contributed by atoms with E-state index in [1.165, 1.54) is 0 Å². The van der Waals surface area contributed by atoms with Crippen LogP contribution in [0.25, 0.3) is 0 Å². The van der Waals surface area contributed by atoms with Crippen molar-refractivity contribution in [1.29, 1.82) is 0 Å². The molecule has 5 rings (SSSR count). The summed E-state index contributed by atoms with van der Waals surface area (Å²) in [6.07, 6.45) is 1.55. The number of likely N-dealkylation sites (tertiary alicyclic amines) is 1. The number of urea groups is 1. The first-order chi connectivity index (χ1) is 20.4. The number of para-hydroxylation sites is 2. The van der Waals surface area contributed by atoms with E-state index in [-0.39, 0.29) is 24.4 Å². The fourth-order valence-corrected chi connectivity index (χ4v) is 5.75. The van der Waals surface area contributed by atoms with E-state index >= 15 is 0 Å². The molecular formula is C32H37N5O5. The monoisotopic (exact) mass is 571 g/mol. The number of hydrogen-bond donors (Lipinski definition) is 2. The molecule has 2 aliphatic rings. The molecule has 10 heteroatoms. The minimum atomic E-state index is -0.823. The van der Waals surface area contributed by atoms with Crippen molar-refractivity contribution in [3.05, 3.63) is 84.4 Å². The third-order valence-corrected chi connectivity index (χ3v) is 8.04. The second-order valence-electron chi connectivity index (χ2n) is 10.5. The van der Waals surface area contributed by atoms with Crippen LogP contribution < -0.4 is 25.0 Å². The molecule has 10 nitrogen and oxygen atoms in total. The van der Waals surface area contributed by atoms with Crippen molar-refractivity contribution < 1.29 is 23.9 Å². The number of carbonyl (C=O) groups is 3. The van der Waals surface area contributed by atoms with Crippen LogP contribution in [-0.4, -0.2) is 80.3 Å². The van der Waals surface area contributed by atoms with Crippen molar-refractivity contribution in [2.24, 2.45) is 0 Å². The third kappa shape index (κ3) is 6.12. The smallest absolute Gasteiger partial charge is 0.321 e. The number of rotatable bonds is 9. The van der Waals surface area contributed by atoms with Crippen molar-refractivity contribution in [3.8, 4) is 11.5 Å². The van der Waals surface area contributed by atoms with E-state index < -0.39 is 5.54 Å². The minimum absolute atomic E-state index is 0.0302. The van der Waals surface area contributed by atoms with E-state index in [2.05, 4.69) is 15.5 Å². The van der Waals surface area contributed by atoms with Crippen molar-refractivity contribution >= 4 is 29.2 Å². The van der Waals surface area contributed by atoms with Gasteiger partial charge in [0.15, 0.2) is 0 Å². The number of nitrogens with one attached hydrogen (secondary N) is 2. The van der Waals surface area contributed by atoms with Crippen molar-refractivity contribution in [2.45, 2.75) is 24.8 Å². The molecule has 0 aliphatic carbocycles. The van der Waals surface area contributed by atoms with Crippen molar-refractivity contribution in [2.75, 3.05) is 57.3 Å². The van der Waals surface area contributed by atoms with Gasteiger partial charge in [-0.2, -0.15) is 0 Å². The lowest BCUT2D eigenvalue weighted by Gasteiger charge is -2.43. The van der Waals surface area contributed by atoms with Gasteiger partial charge in [0.2, 0.25) is 5.91 Å². The fourth-order valence-electron chi connectivity index (χ4n) is 5.75. The fraction of sp³-hybridized carbons (Fsp3) is 0.344. The summed E-state index contributed by atoms with van der Waals surface area (Å²) in [7, 11) is 3.22. The highest BCUT2D eigenvalue weighted by atomic mass is 16.5. The lowest BCUT2D eigenvalue weighted by atomic mass is 9.85. The van der Waals surface area contributed by atoms with E-state index in [9.17, 15) is 14.4 Å². The van der Waals surface area contributed by atoms with Gasteiger partial charge in [-0.15, -0.1) is 0 Å². The SMILES string of the molecule is COc1ccc(NC(=O)N2CCC3(CC2)C(=O)N(CC(=O)NCCc2ccccc2OC)CN3c2ccccc2)cc1. The summed E-state index contributed by atoms with van der Waals surface area (Å²) in [5, 5.41) is 5.88. The average molecular weight is 572 g/mol. The summed E-state index contributed by atoms with van der Waals surface area (Å²) < 4.78 is 10.6. The zero-order valence-corrected chi connectivity index (χ0v) is 24.0. The number of amides is 4. The zero-order valence-electron chi connectivity index (χ0n) is 24.0. The molecule has 0 saturated carbocycles. The molecule has 0 unspecified atom stereocenters. The highest BCUT2D eigenvalue weighted by molar-refractivity contribution is 5.97. The van der Waals surface area contributed by atoms with Gasteiger partial charge in [-0.3, -0.25) is 9.59 Å². The van der Waals surface area contributed by atoms with Crippen LogP contribution >= 0.6 is 0 Å². The van der Waals surface area contributed by atoms with Gasteiger partial charge in [-0.05, 0) is 67.3 Å². The molecule has 2 fully saturated rings. The Morgan fingerprint density at radius 3 is 2.26 bits per heavy atom. The lowest BCUT2D eigenvalue weighted by Crippen LogP contribution is -2.58. The van der Waals surface area contributed by atoms with Crippen LogP contribution in [0, 0.1) is 0 Å². The summed E-state index contributed by atoms with van der Waals surface area (Å²) in [5.74, 6) is 1.20. The van der Waals surface area contributed by atoms with E-state index in [0.29, 0.717) is 57.0 Å². The summed E-state index contributed by atoms with van der Waals surface area (Å²) in [6.45, 7) is 1.54. The van der Waals surface area contributed by atoms with Crippen LogP contribution in [0.3, 0.4) is 0 Å². The van der Waals surface area contributed by atoms with E-state index in [1.807, 2.05) is 54.6 Å². The first-order valence-corrected chi connectivity index (χ1v) is 14.1. The molecule has 3 aromatic carbocycles. The van der Waals surface area contributed by atoms with Gasteiger partial charge >= 0.3 is 6.03 Å². The second kappa shape index (κ2) is 12.8. The molecule has 0 radical (unpaired) electrons. The zero-order chi connectivity index (χ0) is 29.5. The number of methoxy groups -OCH3 is 2. The van der Waals surface area contributed by atoms with E-state index in [0.717, 1.165) is 17.0 Å². The molecule has 2 N–H and O–H groups in total. The highest BCUT2D eigenvalue weighted by Gasteiger charge is 2.54. The molecule has 220 valence electrons. The van der Waals surface area contributed by atoms with E-state index in [4.69, 9.17) is 9.47 Å². The summed E-state index contributed by atoms with van der Waals surface area (Å²) in [4.78, 5) is 45.4. The molecule has 2 saturated heterocycles. The van der Waals surface area contributed by atoms with Crippen molar-refractivity contribution in [3.63, 3.8) is 0 Å². The Labute approximate surface area is 246 Å². The maximum absolute atomic E-state index is 14.0. The van der Waals surface area contributed by atoms with Crippen LogP contribution in [0.4, 0.5) is 16.2 Å². The number of hydrogen-bond acceptors (Lipinski definition) is 6.